The molecule has 4 rings (SSSR count). The Bertz CT molecular complexity index is 708. The van der Waals surface area contributed by atoms with Gasteiger partial charge in [0.1, 0.15) is 5.82 Å². The molecular formula is C18H21FN2O3. The topological polar surface area (TPSA) is 69.6 Å². The number of hydrogen-bond acceptors (Lipinski definition) is 2. The van der Waals surface area contributed by atoms with Gasteiger partial charge in [-0.25, -0.2) is 9.18 Å². The normalized spacial score (nSPS) is 31.0. The average Bonchev–Trinajstić information content (AvgIpc) is 3.20. The summed E-state index contributed by atoms with van der Waals surface area (Å²) < 4.78 is 13.8. The van der Waals surface area contributed by atoms with Crippen LogP contribution in [-0.2, 0) is 11.2 Å². The van der Waals surface area contributed by atoms with Crippen LogP contribution >= 0.6 is 0 Å². The molecule has 1 unspecified atom stereocenters. The van der Waals surface area contributed by atoms with E-state index in [4.69, 9.17) is 0 Å². The van der Waals surface area contributed by atoms with Gasteiger partial charge in [0.2, 0.25) is 0 Å². The minimum atomic E-state index is -0.784. The largest absolute Gasteiger partial charge is 0.481 e. The number of likely N-dealkylation sites (tertiary alicyclic amines) is 1. The maximum absolute atomic E-state index is 13.8. The number of urea groups is 1. The summed E-state index contributed by atoms with van der Waals surface area (Å²) in [6.45, 7) is 0.780. The van der Waals surface area contributed by atoms with Gasteiger partial charge in [-0.3, -0.25) is 4.79 Å². The highest BCUT2D eigenvalue weighted by Gasteiger charge is 2.56. The average molecular weight is 332 g/mol. The maximum Gasteiger partial charge on any atom is 0.317 e. The molecule has 2 N–H and O–H groups in total. The molecule has 0 aromatic heterocycles. The van der Waals surface area contributed by atoms with Gasteiger partial charge in [0, 0.05) is 13.1 Å². The molecule has 1 aliphatic heterocycles. The van der Waals surface area contributed by atoms with Crippen LogP contribution in [0.4, 0.5) is 9.18 Å². The molecule has 2 amide bonds. The van der Waals surface area contributed by atoms with Crippen LogP contribution in [0, 0.1) is 17.2 Å². The fourth-order valence-corrected chi connectivity index (χ4v) is 4.79. The Kier molecular flexibility index (Phi) is 3.51. The molecular weight excluding hydrogens is 311 g/mol. The molecule has 1 aromatic carbocycles. The zero-order valence-corrected chi connectivity index (χ0v) is 13.4. The van der Waals surface area contributed by atoms with Crippen LogP contribution in [0.1, 0.15) is 42.9 Å². The Morgan fingerprint density at radius 2 is 2.17 bits per heavy atom. The first-order valence-electron chi connectivity index (χ1n) is 8.57. The van der Waals surface area contributed by atoms with E-state index in [1.54, 1.807) is 11.0 Å². The number of nitrogens with one attached hydrogen (secondary N) is 1. The van der Waals surface area contributed by atoms with Gasteiger partial charge < -0.3 is 15.3 Å². The third kappa shape index (κ3) is 2.19. The lowest BCUT2D eigenvalue weighted by Crippen LogP contribution is -2.42. The van der Waals surface area contributed by atoms with Gasteiger partial charge >= 0.3 is 12.0 Å². The van der Waals surface area contributed by atoms with Gasteiger partial charge in [0.25, 0.3) is 0 Å². The number of carbonyl (C=O) groups excluding carboxylic acids is 1. The summed E-state index contributed by atoms with van der Waals surface area (Å²) in [5.74, 6) is -0.951. The van der Waals surface area contributed by atoms with Crippen molar-refractivity contribution in [3.8, 4) is 0 Å². The number of rotatable bonds is 2. The highest BCUT2D eigenvalue weighted by atomic mass is 19.1. The summed E-state index contributed by atoms with van der Waals surface area (Å²) in [6.07, 6.45) is 3.74. The molecule has 1 aromatic rings. The number of fused-ring (bicyclic) bond motifs is 2. The smallest absolute Gasteiger partial charge is 0.317 e. The predicted octanol–water partition coefficient (Wildman–Crippen LogP) is 2.71. The van der Waals surface area contributed by atoms with Gasteiger partial charge in [0.15, 0.2) is 0 Å². The molecule has 6 heteroatoms. The summed E-state index contributed by atoms with van der Waals surface area (Å²) in [5, 5.41) is 12.6. The van der Waals surface area contributed by atoms with Crippen LogP contribution in [0.25, 0.3) is 0 Å². The van der Waals surface area contributed by atoms with E-state index in [0.29, 0.717) is 31.4 Å². The van der Waals surface area contributed by atoms with E-state index in [-0.39, 0.29) is 30.4 Å². The second kappa shape index (κ2) is 5.46. The Hall–Kier alpha value is -2.11. The number of carboxylic acid groups (broad SMARTS) is 1. The van der Waals surface area contributed by atoms with Crippen LogP contribution in [0.15, 0.2) is 18.2 Å². The SMILES string of the molecule is O=C(NC1CCc2c(F)cccc21)N1C[C@@H]2CCC[C@@]2(C(=O)O)C1. The van der Waals surface area contributed by atoms with Crippen molar-refractivity contribution in [3.05, 3.63) is 35.1 Å². The number of amides is 2. The molecule has 5 nitrogen and oxygen atoms in total. The van der Waals surface area contributed by atoms with Gasteiger partial charge in [-0.05, 0) is 48.8 Å². The molecule has 3 aliphatic rings. The second-order valence-electron chi connectivity index (χ2n) is 7.28. The Morgan fingerprint density at radius 1 is 1.33 bits per heavy atom. The van der Waals surface area contributed by atoms with E-state index < -0.39 is 11.4 Å². The minimum absolute atomic E-state index is 0.0501. The van der Waals surface area contributed by atoms with E-state index in [1.165, 1.54) is 6.07 Å². The van der Waals surface area contributed by atoms with E-state index in [2.05, 4.69) is 5.32 Å². The molecule has 1 saturated heterocycles. The molecule has 128 valence electrons. The number of nitrogens with zero attached hydrogens (tertiary/aromatic N) is 1. The lowest BCUT2D eigenvalue weighted by Gasteiger charge is -2.24. The quantitative estimate of drug-likeness (QED) is 0.875. The molecule has 1 saturated carbocycles. The molecule has 0 bridgehead atoms. The van der Waals surface area contributed by atoms with Gasteiger partial charge in [-0.15, -0.1) is 0 Å². The molecule has 24 heavy (non-hydrogen) atoms. The third-order valence-corrected chi connectivity index (χ3v) is 6.10. The van der Waals surface area contributed by atoms with Crippen molar-refractivity contribution in [2.24, 2.45) is 11.3 Å². The molecule has 0 spiro atoms. The number of aliphatic carboxylic acids is 1. The van der Waals surface area contributed by atoms with E-state index in [1.807, 2.05) is 6.07 Å². The lowest BCUT2D eigenvalue weighted by atomic mass is 9.81. The van der Waals surface area contributed by atoms with E-state index in [0.717, 1.165) is 18.4 Å². The third-order valence-electron chi connectivity index (χ3n) is 6.10. The summed E-state index contributed by atoms with van der Waals surface area (Å²) >= 11 is 0. The van der Waals surface area contributed by atoms with Crippen molar-refractivity contribution in [2.75, 3.05) is 13.1 Å². The fraction of sp³-hybridized carbons (Fsp3) is 0.556. The summed E-state index contributed by atoms with van der Waals surface area (Å²) in [5.41, 5.74) is 0.760. The van der Waals surface area contributed by atoms with Gasteiger partial charge in [-0.2, -0.15) is 0 Å². The zero-order chi connectivity index (χ0) is 16.9. The van der Waals surface area contributed by atoms with Gasteiger partial charge in [0.05, 0.1) is 11.5 Å². The van der Waals surface area contributed by atoms with Crippen molar-refractivity contribution in [2.45, 2.75) is 38.1 Å². The van der Waals surface area contributed by atoms with Crippen LogP contribution in [0.3, 0.4) is 0 Å². The summed E-state index contributed by atoms with van der Waals surface area (Å²) in [4.78, 5) is 26.0. The fourth-order valence-electron chi connectivity index (χ4n) is 4.79. The Morgan fingerprint density at radius 3 is 2.92 bits per heavy atom. The molecule has 3 atom stereocenters. The van der Waals surface area contributed by atoms with Crippen LogP contribution < -0.4 is 5.32 Å². The van der Waals surface area contributed by atoms with Crippen molar-refractivity contribution in [1.82, 2.24) is 10.2 Å². The predicted molar refractivity (Wildman–Crippen MR) is 85.0 cm³/mol. The number of halogens is 1. The highest BCUT2D eigenvalue weighted by molar-refractivity contribution is 5.81. The van der Waals surface area contributed by atoms with Crippen molar-refractivity contribution < 1.29 is 19.1 Å². The Labute approximate surface area is 139 Å². The first-order valence-corrected chi connectivity index (χ1v) is 8.57. The maximum atomic E-state index is 13.8. The molecule has 1 heterocycles. The number of carboxylic acids is 1. The summed E-state index contributed by atoms with van der Waals surface area (Å²) in [6, 6.07) is 4.55. The number of carbonyl (C=O) groups is 2. The lowest BCUT2D eigenvalue weighted by molar-refractivity contribution is -0.149. The monoisotopic (exact) mass is 332 g/mol. The van der Waals surface area contributed by atoms with Crippen molar-refractivity contribution in [1.29, 1.82) is 0 Å². The Balaban J connectivity index is 1.48. The van der Waals surface area contributed by atoms with E-state index >= 15 is 0 Å². The van der Waals surface area contributed by atoms with Crippen LogP contribution in [0.2, 0.25) is 0 Å². The highest BCUT2D eigenvalue weighted by Crippen LogP contribution is 2.49. The minimum Gasteiger partial charge on any atom is -0.481 e. The molecule has 0 radical (unpaired) electrons. The number of benzene rings is 1. The molecule has 2 fully saturated rings. The van der Waals surface area contributed by atoms with Crippen LogP contribution in [0.5, 0.6) is 0 Å². The summed E-state index contributed by atoms with van der Waals surface area (Å²) in [7, 11) is 0. The first-order chi connectivity index (χ1) is 11.5. The molecule has 2 aliphatic carbocycles. The first kappa shape index (κ1) is 15.4. The van der Waals surface area contributed by atoms with E-state index in [9.17, 15) is 19.1 Å². The second-order valence-corrected chi connectivity index (χ2v) is 7.28. The van der Waals surface area contributed by atoms with Gasteiger partial charge in [-0.1, -0.05) is 18.6 Å². The standard InChI is InChI=1S/C18H21FN2O3/c19-14-5-1-4-13-12(14)6-7-15(13)20-17(24)21-9-11-3-2-8-18(11,10-21)16(22)23/h1,4-5,11,15H,2-3,6-10H2,(H,20,24)(H,22,23)/t11-,15?,18+/m0/s1. The van der Waals surface area contributed by atoms with Crippen molar-refractivity contribution >= 4 is 12.0 Å². The van der Waals surface area contributed by atoms with Crippen molar-refractivity contribution in [3.63, 3.8) is 0 Å². The zero-order valence-electron chi connectivity index (χ0n) is 13.4. The number of hydrogen-bond donors (Lipinski definition) is 2. The van der Waals surface area contributed by atoms with Crippen LogP contribution in [-0.4, -0.2) is 35.1 Å².